The number of hydrogen-bond donors (Lipinski definition) is 0. The molecule has 0 aliphatic heterocycles. The molecular weight excluding hydrogens is 285 g/mol. The fourth-order valence-electron chi connectivity index (χ4n) is 2.15. The van der Waals surface area contributed by atoms with Gasteiger partial charge >= 0.3 is 0 Å². The van der Waals surface area contributed by atoms with Crippen LogP contribution in [0.5, 0.6) is 0 Å². The van der Waals surface area contributed by atoms with Crippen LogP contribution < -0.4 is 0 Å². The van der Waals surface area contributed by atoms with Gasteiger partial charge in [-0.25, -0.2) is 9.97 Å². The number of halogens is 2. The Hall–Kier alpha value is -0.840. The number of alkyl halides is 1. The van der Waals surface area contributed by atoms with Gasteiger partial charge in [-0.1, -0.05) is 11.6 Å². The highest BCUT2D eigenvalue weighted by Crippen LogP contribution is 2.24. The third kappa shape index (κ3) is 3.19. The standard InChI is InChI=1S/C13H17Cl2N3O/c1-9(4-6-19-2)18-12(3-5-14)17-11-7-10(15)8-16-13(11)18/h7-9H,3-6H2,1-2H3. The van der Waals surface area contributed by atoms with Gasteiger partial charge in [0.2, 0.25) is 0 Å². The first-order chi connectivity index (χ1) is 9.17. The summed E-state index contributed by atoms with van der Waals surface area (Å²) in [6.07, 6.45) is 3.27. The average Bonchev–Trinajstić information content (AvgIpc) is 2.73. The zero-order valence-corrected chi connectivity index (χ0v) is 12.6. The number of imidazole rings is 1. The molecule has 2 aromatic rings. The highest BCUT2D eigenvalue weighted by molar-refractivity contribution is 6.31. The van der Waals surface area contributed by atoms with E-state index in [1.54, 1.807) is 13.3 Å². The van der Waals surface area contributed by atoms with E-state index in [2.05, 4.69) is 21.5 Å². The topological polar surface area (TPSA) is 39.9 Å². The molecule has 19 heavy (non-hydrogen) atoms. The Labute approximate surface area is 122 Å². The molecule has 104 valence electrons. The molecular formula is C13H17Cl2N3O. The van der Waals surface area contributed by atoms with Gasteiger partial charge < -0.3 is 9.30 Å². The first kappa shape index (κ1) is 14.6. The van der Waals surface area contributed by atoms with Crippen molar-refractivity contribution in [1.82, 2.24) is 14.5 Å². The van der Waals surface area contributed by atoms with Crippen LogP contribution >= 0.6 is 23.2 Å². The van der Waals surface area contributed by atoms with Gasteiger partial charge in [-0.05, 0) is 19.4 Å². The lowest BCUT2D eigenvalue weighted by Crippen LogP contribution is -2.12. The number of pyridine rings is 1. The zero-order valence-electron chi connectivity index (χ0n) is 11.1. The van der Waals surface area contributed by atoms with Crippen LogP contribution in [-0.4, -0.2) is 34.1 Å². The summed E-state index contributed by atoms with van der Waals surface area (Å²) in [4.78, 5) is 8.98. The molecule has 0 bridgehead atoms. The third-order valence-electron chi connectivity index (χ3n) is 3.07. The number of rotatable bonds is 6. The maximum absolute atomic E-state index is 5.96. The number of aromatic nitrogens is 3. The van der Waals surface area contributed by atoms with Crippen molar-refractivity contribution in [3.63, 3.8) is 0 Å². The largest absolute Gasteiger partial charge is 0.385 e. The van der Waals surface area contributed by atoms with E-state index < -0.39 is 0 Å². The molecule has 0 spiro atoms. The normalized spacial score (nSPS) is 13.1. The monoisotopic (exact) mass is 301 g/mol. The summed E-state index contributed by atoms with van der Waals surface area (Å²) in [7, 11) is 1.70. The summed E-state index contributed by atoms with van der Waals surface area (Å²) in [5.74, 6) is 1.48. The van der Waals surface area contributed by atoms with Gasteiger partial charge in [-0.3, -0.25) is 0 Å². The average molecular weight is 302 g/mol. The predicted molar refractivity (Wildman–Crippen MR) is 78.2 cm³/mol. The van der Waals surface area contributed by atoms with Gasteiger partial charge in [0.1, 0.15) is 11.3 Å². The molecule has 4 nitrogen and oxygen atoms in total. The summed E-state index contributed by atoms with van der Waals surface area (Å²) >= 11 is 11.8. The fourth-order valence-corrected chi connectivity index (χ4v) is 2.47. The molecule has 0 radical (unpaired) electrons. The van der Waals surface area contributed by atoms with Gasteiger partial charge in [-0.2, -0.15) is 0 Å². The lowest BCUT2D eigenvalue weighted by atomic mass is 10.2. The van der Waals surface area contributed by atoms with Crippen LogP contribution in [-0.2, 0) is 11.2 Å². The summed E-state index contributed by atoms with van der Waals surface area (Å²) in [6, 6.07) is 2.10. The van der Waals surface area contributed by atoms with Crippen molar-refractivity contribution in [3.05, 3.63) is 23.1 Å². The molecule has 0 N–H and O–H groups in total. The number of aryl methyl sites for hydroxylation is 1. The maximum atomic E-state index is 5.96. The quantitative estimate of drug-likeness (QED) is 0.767. The molecule has 0 aliphatic rings. The fraction of sp³-hybridized carbons (Fsp3) is 0.538. The molecule has 0 aromatic carbocycles. The maximum Gasteiger partial charge on any atom is 0.160 e. The van der Waals surface area contributed by atoms with Gasteiger partial charge in [0.15, 0.2) is 5.65 Å². The van der Waals surface area contributed by atoms with E-state index in [0.29, 0.717) is 23.9 Å². The van der Waals surface area contributed by atoms with Crippen molar-refractivity contribution in [2.75, 3.05) is 19.6 Å². The Balaban J connectivity index is 2.45. The minimum absolute atomic E-state index is 0.261. The summed E-state index contributed by atoms with van der Waals surface area (Å²) in [5, 5.41) is 0.596. The van der Waals surface area contributed by atoms with Crippen LogP contribution in [0.15, 0.2) is 12.3 Å². The first-order valence-electron chi connectivity index (χ1n) is 6.24. The highest BCUT2D eigenvalue weighted by atomic mass is 35.5. The Morgan fingerprint density at radius 3 is 2.95 bits per heavy atom. The van der Waals surface area contributed by atoms with Gasteiger partial charge in [0, 0.05) is 38.3 Å². The first-order valence-corrected chi connectivity index (χ1v) is 7.16. The molecule has 2 aromatic heterocycles. The molecule has 1 atom stereocenters. The van der Waals surface area contributed by atoms with E-state index in [4.69, 9.17) is 27.9 Å². The van der Waals surface area contributed by atoms with Crippen LogP contribution in [0.25, 0.3) is 11.2 Å². The van der Waals surface area contributed by atoms with E-state index in [1.807, 2.05) is 6.07 Å². The van der Waals surface area contributed by atoms with Crippen LogP contribution in [0.2, 0.25) is 5.02 Å². The van der Waals surface area contributed by atoms with Crippen molar-refractivity contribution >= 4 is 34.4 Å². The van der Waals surface area contributed by atoms with E-state index >= 15 is 0 Å². The number of nitrogens with zero attached hydrogens (tertiary/aromatic N) is 3. The minimum atomic E-state index is 0.261. The molecule has 0 saturated heterocycles. The van der Waals surface area contributed by atoms with Crippen LogP contribution in [0.3, 0.4) is 0 Å². The van der Waals surface area contributed by atoms with E-state index in [-0.39, 0.29) is 6.04 Å². The van der Waals surface area contributed by atoms with Crippen molar-refractivity contribution < 1.29 is 4.74 Å². The molecule has 2 rings (SSSR count). The second-order valence-electron chi connectivity index (χ2n) is 4.46. The van der Waals surface area contributed by atoms with Crippen LogP contribution in [0.1, 0.15) is 25.2 Å². The number of fused-ring (bicyclic) bond motifs is 1. The molecule has 0 amide bonds. The van der Waals surface area contributed by atoms with E-state index in [1.165, 1.54) is 0 Å². The zero-order chi connectivity index (χ0) is 13.8. The third-order valence-corrected chi connectivity index (χ3v) is 3.46. The lowest BCUT2D eigenvalue weighted by Gasteiger charge is -2.16. The van der Waals surface area contributed by atoms with E-state index in [0.717, 1.165) is 23.4 Å². The molecule has 0 aliphatic carbocycles. The molecule has 0 saturated carbocycles. The van der Waals surface area contributed by atoms with Gasteiger partial charge in [0.05, 0.1) is 5.02 Å². The number of ether oxygens (including phenoxy) is 1. The smallest absolute Gasteiger partial charge is 0.160 e. The Kier molecular flexibility index (Phi) is 5.02. The second-order valence-corrected chi connectivity index (χ2v) is 5.28. The molecule has 6 heteroatoms. The Morgan fingerprint density at radius 2 is 2.26 bits per heavy atom. The SMILES string of the molecule is COCCC(C)n1c(CCCl)nc2cc(Cl)cnc21. The summed E-state index contributed by atoms with van der Waals surface area (Å²) in [5.41, 5.74) is 1.67. The van der Waals surface area contributed by atoms with Crippen LogP contribution in [0, 0.1) is 0 Å². The van der Waals surface area contributed by atoms with Crippen LogP contribution in [0.4, 0.5) is 0 Å². The molecule has 0 fully saturated rings. The molecule has 2 heterocycles. The van der Waals surface area contributed by atoms with Crippen molar-refractivity contribution in [1.29, 1.82) is 0 Å². The number of hydrogen-bond acceptors (Lipinski definition) is 3. The minimum Gasteiger partial charge on any atom is -0.385 e. The molecule has 1 unspecified atom stereocenters. The second kappa shape index (κ2) is 6.55. The highest BCUT2D eigenvalue weighted by Gasteiger charge is 2.16. The number of methoxy groups -OCH3 is 1. The lowest BCUT2D eigenvalue weighted by molar-refractivity contribution is 0.181. The summed E-state index contributed by atoms with van der Waals surface area (Å²) < 4.78 is 7.27. The van der Waals surface area contributed by atoms with Crippen molar-refractivity contribution in [3.8, 4) is 0 Å². The van der Waals surface area contributed by atoms with Gasteiger partial charge in [0.25, 0.3) is 0 Å². The van der Waals surface area contributed by atoms with Gasteiger partial charge in [-0.15, -0.1) is 11.6 Å². The van der Waals surface area contributed by atoms with E-state index in [9.17, 15) is 0 Å². The Morgan fingerprint density at radius 1 is 1.47 bits per heavy atom. The Bertz CT molecular complexity index is 556. The van der Waals surface area contributed by atoms with Crippen molar-refractivity contribution in [2.24, 2.45) is 0 Å². The summed E-state index contributed by atoms with van der Waals surface area (Å²) in [6.45, 7) is 2.84. The predicted octanol–water partition coefficient (Wildman–Crippen LogP) is 3.46. The van der Waals surface area contributed by atoms with Crippen molar-refractivity contribution in [2.45, 2.75) is 25.8 Å².